The van der Waals surface area contributed by atoms with E-state index in [-0.39, 0.29) is 16.6 Å². The molecule has 3 rings (SSSR count). The second-order valence-electron chi connectivity index (χ2n) is 4.45. The van der Waals surface area contributed by atoms with Gasteiger partial charge < -0.3 is 9.84 Å². The molecule has 22 heavy (non-hydrogen) atoms. The minimum atomic E-state index is -1.09. The fourth-order valence-corrected chi connectivity index (χ4v) is 3.20. The molecule has 4 nitrogen and oxygen atoms in total. The van der Waals surface area contributed by atoms with Crippen molar-refractivity contribution in [1.82, 2.24) is 4.37 Å². The monoisotopic (exact) mass is 337 g/mol. The minimum absolute atomic E-state index is 0.264. The Bertz CT molecular complexity index is 865. The molecule has 0 amide bonds. The molecular weight excluding hydrogens is 329 g/mol. The number of aliphatic carboxylic acids is 1. The second kappa shape index (κ2) is 5.90. The topological polar surface area (TPSA) is 59.4 Å². The van der Waals surface area contributed by atoms with Crippen LogP contribution >= 0.6 is 23.1 Å². The Kier molecular flexibility index (Phi) is 3.96. The van der Waals surface area contributed by atoms with Crippen molar-refractivity contribution in [3.63, 3.8) is 0 Å². The molecule has 0 aliphatic rings. The van der Waals surface area contributed by atoms with Crippen molar-refractivity contribution in [3.8, 4) is 17.0 Å². The van der Waals surface area contributed by atoms with Gasteiger partial charge in [0, 0.05) is 10.9 Å². The van der Waals surface area contributed by atoms with Gasteiger partial charge in [-0.05, 0) is 35.8 Å². The molecule has 0 spiro atoms. The SMILES string of the molecule is O=C(O)COc1ccc2c(-c3ccccc3F)nsc2c1Cl. The van der Waals surface area contributed by atoms with Gasteiger partial charge in [-0.15, -0.1) is 0 Å². The van der Waals surface area contributed by atoms with Gasteiger partial charge in [-0.1, -0.05) is 23.7 Å². The molecule has 0 aliphatic carbocycles. The average molecular weight is 338 g/mol. The Labute approximate surface area is 133 Å². The zero-order valence-corrected chi connectivity index (χ0v) is 12.6. The van der Waals surface area contributed by atoms with Crippen LogP contribution in [0, 0.1) is 5.82 Å². The van der Waals surface area contributed by atoms with E-state index >= 15 is 0 Å². The molecule has 0 unspecified atom stereocenters. The summed E-state index contributed by atoms with van der Waals surface area (Å²) in [7, 11) is 0. The number of fused-ring (bicyclic) bond motifs is 1. The molecule has 0 fully saturated rings. The van der Waals surface area contributed by atoms with E-state index in [0.29, 0.717) is 21.3 Å². The summed E-state index contributed by atoms with van der Waals surface area (Å²) in [5.41, 5.74) is 0.897. The van der Waals surface area contributed by atoms with Crippen LogP contribution in [0.4, 0.5) is 4.39 Å². The molecular formula is C15H9ClFNO3S. The molecule has 112 valence electrons. The molecule has 0 bridgehead atoms. The number of ether oxygens (including phenoxy) is 1. The summed E-state index contributed by atoms with van der Waals surface area (Å²) in [6, 6.07) is 9.61. The van der Waals surface area contributed by atoms with E-state index in [9.17, 15) is 9.18 Å². The van der Waals surface area contributed by atoms with Gasteiger partial charge in [-0.2, -0.15) is 4.37 Å². The van der Waals surface area contributed by atoms with Crippen LogP contribution in [0.3, 0.4) is 0 Å². The van der Waals surface area contributed by atoms with Crippen LogP contribution < -0.4 is 4.74 Å². The normalized spacial score (nSPS) is 10.8. The number of benzene rings is 2. The van der Waals surface area contributed by atoms with E-state index in [0.717, 1.165) is 11.5 Å². The Balaban J connectivity index is 2.08. The molecule has 0 saturated carbocycles. The number of carboxylic acids is 1. The molecule has 0 aliphatic heterocycles. The fraction of sp³-hybridized carbons (Fsp3) is 0.0667. The number of nitrogens with zero attached hydrogens (tertiary/aromatic N) is 1. The van der Waals surface area contributed by atoms with Crippen molar-refractivity contribution in [3.05, 3.63) is 47.2 Å². The van der Waals surface area contributed by atoms with Gasteiger partial charge in [-0.3, -0.25) is 0 Å². The van der Waals surface area contributed by atoms with E-state index in [2.05, 4.69) is 4.37 Å². The highest BCUT2D eigenvalue weighted by molar-refractivity contribution is 7.14. The highest BCUT2D eigenvalue weighted by Gasteiger charge is 2.17. The lowest BCUT2D eigenvalue weighted by molar-refractivity contribution is -0.139. The number of carbonyl (C=O) groups is 1. The van der Waals surface area contributed by atoms with Crippen molar-refractivity contribution < 1.29 is 19.0 Å². The van der Waals surface area contributed by atoms with E-state index < -0.39 is 12.6 Å². The van der Waals surface area contributed by atoms with Crippen LogP contribution in [-0.2, 0) is 4.79 Å². The van der Waals surface area contributed by atoms with Gasteiger partial charge in [0.05, 0.1) is 10.4 Å². The summed E-state index contributed by atoms with van der Waals surface area (Å²) in [4.78, 5) is 10.6. The summed E-state index contributed by atoms with van der Waals surface area (Å²) >= 11 is 7.34. The number of rotatable bonds is 4. The molecule has 0 atom stereocenters. The third-order valence-electron chi connectivity index (χ3n) is 3.03. The van der Waals surface area contributed by atoms with Crippen molar-refractivity contribution in [2.45, 2.75) is 0 Å². The number of carboxylic acid groups (broad SMARTS) is 1. The van der Waals surface area contributed by atoms with E-state index in [1.807, 2.05) is 0 Å². The third kappa shape index (κ3) is 2.63. The first-order chi connectivity index (χ1) is 10.6. The highest BCUT2D eigenvalue weighted by atomic mass is 35.5. The summed E-state index contributed by atoms with van der Waals surface area (Å²) in [6.45, 7) is -0.482. The molecule has 1 N–H and O–H groups in total. The van der Waals surface area contributed by atoms with Gasteiger partial charge in [0.25, 0.3) is 0 Å². The maximum absolute atomic E-state index is 13.9. The molecule has 1 heterocycles. The van der Waals surface area contributed by atoms with E-state index in [4.69, 9.17) is 21.4 Å². The highest BCUT2D eigenvalue weighted by Crippen LogP contribution is 2.40. The van der Waals surface area contributed by atoms with Crippen LogP contribution in [0.2, 0.25) is 5.02 Å². The Morgan fingerprint density at radius 2 is 2.09 bits per heavy atom. The van der Waals surface area contributed by atoms with Crippen LogP contribution in [0.5, 0.6) is 5.75 Å². The van der Waals surface area contributed by atoms with Crippen molar-refractivity contribution in [2.75, 3.05) is 6.61 Å². The quantitative estimate of drug-likeness (QED) is 0.774. The van der Waals surface area contributed by atoms with Crippen LogP contribution in [0.1, 0.15) is 0 Å². The lowest BCUT2D eigenvalue weighted by atomic mass is 10.1. The fourth-order valence-electron chi connectivity index (χ4n) is 2.05. The Morgan fingerprint density at radius 3 is 2.82 bits per heavy atom. The maximum Gasteiger partial charge on any atom is 0.341 e. The molecule has 0 saturated heterocycles. The number of hydrogen-bond acceptors (Lipinski definition) is 4. The smallest absolute Gasteiger partial charge is 0.341 e. The number of halogens is 2. The lowest BCUT2D eigenvalue weighted by Crippen LogP contribution is -2.09. The van der Waals surface area contributed by atoms with Crippen molar-refractivity contribution in [1.29, 1.82) is 0 Å². The average Bonchev–Trinajstić information content (AvgIpc) is 2.91. The molecule has 2 aromatic carbocycles. The number of aromatic nitrogens is 1. The van der Waals surface area contributed by atoms with Crippen LogP contribution in [0.15, 0.2) is 36.4 Å². The van der Waals surface area contributed by atoms with Crippen LogP contribution in [-0.4, -0.2) is 22.1 Å². The standard InChI is InChI=1S/C15H9ClFNO3S/c16-13-11(21-7-12(19)20)6-5-9-14(18-22-15(9)13)8-3-1-2-4-10(8)17/h1-6H,7H2,(H,19,20). The minimum Gasteiger partial charge on any atom is -0.480 e. The zero-order valence-electron chi connectivity index (χ0n) is 11.0. The first-order valence-electron chi connectivity index (χ1n) is 6.25. The molecule has 0 radical (unpaired) electrons. The molecule has 1 aromatic heterocycles. The summed E-state index contributed by atoms with van der Waals surface area (Å²) in [5.74, 6) is -1.19. The lowest BCUT2D eigenvalue weighted by Gasteiger charge is -2.06. The second-order valence-corrected chi connectivity index (χ2v) is 5.60. The van der Waals surface area contributed by atoms with Gasteiger partial charge in [0.2, 0.25) is 0 Å². The van der Waals surface area contributed by atoms with Gasteiger partial charge in [-0.25, -0.2) is 9.18 Å². The molecule has 3 aromatic rings. The van der Waals surface area contributed by atoms with Crippen molar-refractivity contribution >= 4 is 39.2 Å². The Hall–Kier alpha value is -2.18. The predicted octanol–water partition coefficient (Wildman–Crippen LogP) is 4.22. The third-order valence-corrected chi connectivity index (χ3v) is 4.39. The summed E-state index contributed by atoms with van der Waals surface area (Å²) < 4.78 is 23.9. The van der Waals surface area contributed by atoms with Gasteiger partial charge in [0.1, 0.15) is 16.6 Å². The van der Waals surface area contributed by atoms with E-state index in [1.165, 1.54) is 6.07 Å². The van der Waals surface area contributed by atoms with Crippen LogP contribution in [0.25, 0.3) is 21.3 Å². The molecule has 7 heteroatoms. The first kappa shape index (κ1) is 14.7. The van der Waals surface area contributed by atoms with Gasteiger partial charge >= 0.3 is 5.97 Å². The maximum atomic E-state index is 13.9. The summed E-state index contributed by atoms with van der Waals surface area (Å²) in [6.07, 6.45) is 0. The summed E-state index contributed by atoms with van der Waals surface area (Å²) in [5, 5.41) is 9.62. The van der Waals surface area contributed by atoms with Gasteiger partial charge in [0.15, 0.2) is 6.61 Å². The predicted molar refractivity (Wildman–Crippen MR) is 83.2 cm³/mol. The first-order valence-corrected chi connectivity index (χ1v) is 7.40. The largest absolute Gasteiger partial charge is 0.480 e. The zero-order chi connectivity index (χ0) is 15.7. The Morgan fingerprint density at radius 1 is 1.32 bits per heavy atom. The van der Waals surface area contributed by atoms with Crippen molar-refractivity contribution in [2.24, 2.45) is 0 Å². The number of hydrogen-bond donors (Lipinski definition) is 1. The van der Waals surface area contributed by atoms with E-state index in [1.54, 1.807) is 30.3 Å².